The van der Waals surface area contributed by atoms with Crippen molar-refractivity contribution >= 4 is 35.2 Å². The summed E-state index contributed by atoms with van der Waals surface area (Å²) >= 11 is 5.86. The number of halogens is 2. The highest BCUT2D eigenvalue weighted by atomic mass is 35.5. The average molecular weight is 362 g/mol. The van der Waals surface area contributed by atoms with Gasteiger partial charge in [0.15, 0.2) is 6.10 Å². The lowest BCUT2D eigenvalue weighted by molar-refractivity contribution is -0.148. The minimum absolute atomic E-state index is 0.0814. The molecule has 0 aliphatic heterocycles. The third-order valence-electron chi connectivity index (χ3n) is 3.37. The number of rotatable bonds is 5. The molecule has 25 heavy (non-hydrogen) atoms. The van der Waals surface area contributed by atoms with Crippen LogP contribution in [0.4, 0.5) is 10.1 Å². The van der Waals surface area contributed by atoms with E-state index < -0.39 is 23.8 Å². The highest BCUT2D eigenvalue weighted by molar-refractivity contribution is 6.32. The van der Waals surface area contributed by atoms with Gasteiger partial charge in [0, 0.05) is 17.3 Å². The lowest BCUT2D eigenvalue weighted by Gasteiger charge is -2.12. The monoisotopic (exact) mass is 361 g/mol. The number of aryl methyl sites for hydroxylation is 1. The minimum Gasteiger partial charge on any atom is -0.449 e. The van der Waals surface area contributed by atoms with E-state index in [9.17, 15) is 14.0 Å². The Balaban J connectivity index is 1.94. The fraction of sp³-hybridized carbons (Fsp3) is 0.158. The molecule has 0 aliphatic rings. The number of hydrogen-bond donors (Lipinski definition) is 1. The fourth-order valence-electron chi connectivity index (χ4n) is 1.97. The van der Waals surface area contributed by atoms with Crippen molar-refractivity contribution in [3.63, 3.8) is 0 Å². The molecule has 1 amide bonds. The number of carbonyl (C=O) groups excluding carboxylic acids is 2. The maximum absolute atomic E-state index is 13.6. The SMILES string of the molecule is Cc1ccc(NC(=O)[C@@H](C)OC(=O)/C=C/c2c(F)cccc2Cl)cc1. The summed E-state index contributed by atoms with van der Waals surface area (Å²) in [7, 11) is 0. The summed E-state index contributed by atoms with van der Waals surface area (Å²) in [6.45, 7) is 3.38. The lowest BCUT2D eigenvalue weighted by Crippen LogP contribution is -2.29. The van der Waals surface area contributed by atoms with Crippen molar-refractivity contribution < 1.29 is 18.7 Å². The summed E-state index contributed by atoms with van der Waals surface area (Å²) in [6, 6.07) is 11.4. The third-order valence-corrected chi connectivity index (χ3v) is 3.70. The van der Waals surface area contributed by atoms with E-state index in [1.807, 2.05) is 19.1 Å². The normalized spacial score (nSPS) is 12.0. The van der Waals surface area contributed by atoms with Crippen molar-refractivity contribution in [2.45, 2.75) is 20.0 Å². The molecule has 4 nitrogen and oxygen atoms in total. The van der Waals surface area contributed by atoms with Crippen LogP contribution in [-0.2, 0) is 14.3 Å². The van der Waals surface area contributed by atoms with E-state index in [1.54, 1.807) is 12.1 Å². The molecule has 0 unspecified atom stereocenters. The number of anilines is 1. The third kappa shape index (κ3) is 5.43. The molecule has 6 heteroatoms. The zero-order valence-electron chi connectivity index (χ0n) is 13.8. The van der Waals surface area contributed by atoms with E-state index in [4.69, 9.17) is 16.3 Å². The van der Waals surface area contributed by atoms with Crippen molar-refractivity contribution in [3.8, 4) is 0 Å². The molecule has 0 spiro atoms. The van der Waals surface area contributed by atoms with Gasteiger partial charge in [0.25, 0.3) is 5.91 Å². The van der Waals surface area contributed by atoms with E-state index in [-0.39, 0.29) is 10.6 Å². The van der Waals surface area contributed by atoms with Crippen LogP contribution in [0.1, 0.15) is 18.1 Å². The van der Waals surface area contributed by atoms with Gasteiger partial charge in [-0.1, -0.05) is 35.4 Å². The summed E-state index contributed by atoms with van der Waals surface area (Å²) in [6.07, 6.45) is 1.24. The largest absolute Gasteiger partial charge is 0.449 e. The summed E-state index contributed by atoms with van der Waals surface area (Å²) in [5, 5.41) is 2.82. The number of hydrogen-bond acceptors (Lipinski definition) is 3. The first kappa shape index (κ1) is 18.7. The van der Waals surface area contributed by atoms with Gasteiger partial charge in [0.05, 0.1) is 5.02 Å². The van der Waals surface area contributed by atoms with Gasteiger partial charge in [-0.25, -0.2) is 9.18 Å². The molecule has 0 radical (unpaired) electrons. The van der Waals surface area contributed by atoms with Crippen LogP contribution >= 0.6 is 11.6 Å². The Morgan fingerprint density at radius 3 is 2.52 bits per heavy atom. The first-order chi connectivity index (χ1) is 11.9. The van der Waals surface area contributed by atoms with Gasteiger partial charge in [0.1, 0.15) is 5.82 Å². The van der Waals surface area contributed by atoms with Crippen molar-refractivity contribution in [1.82, 2.24) is 0 Å². The van der Waals surface area contributed by atoms with Gasteiger partial charge in [-0.05, 0) is 44.2 Å². The topological polar surface area (TPSA) is 55.4 Å². The van der Waals surface area contributed by atoms with Crippen LogP contribution in [0.25, 0.3) is 6.08 Å². The number of esters is 1. The van der Waals surface area contributed by atoms with Gasteiger partial charge in [-0.3, -0.25) is 4.79 Å². The standard InChI is InChI=1S/C19H17ClFNO3/c1-12-6-8-14(9-7-12)22-19(24)13(2)25-18(23)11-10-15-16(20)4-3-5-17(15)21/h3-11,13H,1-2H3,(H,22,24)/b11-10+/t13-/m1/s1. The molecule has 0 aliphatic carbocycles. The molecule has 0 aromatic heterocycles. The molecule has 2 aromatic carbocycles. The predicted octanol–water partition coefficient (Wildman–Crippen LogP) is 4.37. The molecule has 0 saturated heterocycles. The van der Waals surface area contributed by atoms with Crippen LogP contribution in [0.15, 0.2) is 48.5 Å². The summed E-state index contributed by atoms with van der Waals surface area (Å²) < 4.78 is 18.6. The Bertz CT molecular complexity index is 783. The molecule has 130 valence electrons. The van der Waals surface area contributed by atoms with E-state index >= 15 is 0 Å². The highest BCUT2D eigenvalue weighted by Gasteiger charge is 2.16. The van der Waals surface area contributed by atoms with E-state index in [0.29, 0.717) is 5.69 Å². The molecule has 0 fully saturated rings. The fourth-order valence-corrected chi connectivity index (χ4v) is 2.20. The molecule has 1 atom stereocenters. The zero-order chi connectivity index (χ0) is 18.4. The lowest BCUT2D eigenvalue weighted by atomic mass is 10.2. The number of carbonyl (C=O) groups is 2. The van der Waals surface area contributed by atoms with Crippen LogP contribution < -0.4 is 5.32 Å². The second kappa shape index (κ2) is 8.44. The average Bonchev–Trinajstić information content (AvgIpc) is 2.56. The van der Waals surface area contributed by atoms with Gasteiger partial charge < -0.3 is 10.1 Å². The van der Waals surface area contributed by atoms with E-state index in [0.717, 1.165) is 11.6 Å². The minimum atomic E-state index is -1.01. The molecule has 0 bridgehead atoms. The Labute approximate surface area is 150 Å². The van der Waals surface area contributed by atoms with Gasteiger partial charge in [-0.15, -0.1) is 0 Å². The summed E-state index contributed by atoms with van der Waals surface area (Å²) in [5.41, 5.74) is 1.75. The Hall–Kier alpha value is -2.66. The van der Waals surface area contributed by atoms with Crippen molar-refractivity contribution in [1.29, 1.82) is 0 Å². The molecule has 1 N–H and O–H groups in total. The number of ether oxygens (including phenoxy) is 1. The van der Waals surface area contributed by atoms with Crippen LogP contribution in [0.5, 0.6) is 0 Å². The first-order valence-corrected chi connectivity index (χ1v) is 7.95. The Morgan fingerprint density at radius 1 is 1.20 bits per heavy atom. The Morgan fingerprint density at radius 2 is 1.88 bits per heavy atom. The summed E-state index contributed by atoms with van der Waals surface area (Å²) in [5.74, 6) is -1.79. The molecule has 0 saturated carbocycles. The second-order valence-corrected chi connectivity index (χ2v) is 5.81. The number of benzene rings is 2. The molecule has 0 heterocycles. The maximum atomic E-state index is 13.6. The molecule has 2 aromatic rings. The summed E-state index contributed by atoms with van der Waals surface area (Å²) in [4.78, 5) is 23.8. The maximum Gasteiger partial charge on any atom is 0.331 e. The van der Waals surface area contributed by atoms with E-state index in [1.165, 1.54) is 31.2 Å². The van der Waals surface area contributed by atoms with Crippen molar-refractivity contribution in [2.75, 3.05) is 5.32 Å². The van der Waals surface area contributed by atoms with Crippen LogP contribution in [-0.4, -0.2) is 18.0 Å². The molecular weight excluding hydrogens is 345 g/mol. The Kier molecular flexibility index (Phi) is 6.31. The van der Waals surface area contributed by atoms with Crippen LogP contribution in [0.3, 0.4) is 0 Å². The van der Waals surface area contributed by atoms with Gasteiger partial charge in [0.2, 0.25) is 0 Å². The van der Waals surface area contributed by atoms with Crippen molar-refractivity contribution in [3.05, 3.63) is 70.5 Å². The second-order valence-electron chi connectivity index (χ2n) is 5.40. The van der Waals surface area contributed by atoms with E-state index in [2.05, 4.69) is 5.32 Å². The molecule has 2 rings (SSSR count). The van der Waals surface area contributed by atoms with Gasteiger partial charge in [-0.2, -0.15) is 0 Å². The quantitative estimate of drug-likeness (QED) is 0.635. The zero-order valence-corrected chi connectivity index (χ0v) is 14.5. The number of amides is 1. The molecular formula is C19H17ClFNO3. The van der Waals surface area contributed by atoms with Gasteiger partial charge >= 0.3 is 5.97 Å². The highest BCUT2D eigenvalue weighted by Crippen LogP contribution is 2.20. The van der Waals surface area contributed by atoms with Crippen molar-refractivity contribution in [2.24, 2.45) is 0 Å². The van der Waals surface area contributed by atoms with Crippen LogP contribution in [0.2, 0.25) is 5.02 Å². The smallest absolute Gasteiger partial charge is 0.331 e. The van der Waals surface area contributed by atoms with Crippen LogP contribution in [0, 0.1) is 12.7 Å². The number of nitrogens with one attached hydrogen (secondary N) is 1. The predicted molar refractivity (Wildman–Crippen MR) is 95.8 cm³/mol. The first-order valence-electron chi connectivity index (χ1n) is 7.57.